The van der Waals surface area contributed by atoms with Crippen molar-refractivity contribution in [2.24, 2.45) is 5.10 Å². The first kappa shape index (κ1) is 21.1. The highest BCUT2D eigenvalue weighted by Gasteiger charge is 2.05. The van der Waals surface area contributed by atoms with Crippen molar-refractivity contribution in [3.05, 3.63) is 92.4 Å². The maximum atomic E-state index is 12.3. The quantitative estimate of drug-likeness (QED) is 0.329. The Labute approximate surface area is 186 Å². The molecule has 3 aromatic rings. The molecule has 0 heterocycles. The Morgan fingerprint density at radius 2 is 1.79 bits per heavy atom. The number of carbonyl (C=O) groups excluding carboxylic acids is 1. The summed E-state index contributed by atoms with van der Waals surface area (Å²) in [6.45, 7) is 0.449. The molecule has 0 radical (unpaired) electrons. The minimum Gasteiger partial charge on any atom is -0.497 e. The van der Waals surface area contributed by atoms with Crippen molar-refractivity contribution >= 4 is 44.0 Å². The third kappa shape index (κ3) is 6.17. The minimum atomic E-state index is -0.307. The summed E-state index contributed by atoms with van der Waals surface area (Å²) in [5.41, 5.74) is 4.85. The number of benzene rings is 3. The van der Waals surface area contributed by atoms with Crippen LogP contribution in [0.2, 0.25) is 0 Å². The zero-order valence-corrected chi connectivity index (χ0v) is 18.7. The number of nitrogens with zero attached hydrogens (tertiary/aromatic N) is 1. The van der Waals surface area contributed by atoms with Gasteiger partial charge in [-0.2, -0.15) is 5.10 Å². The van der Waals surface area contributed by atoms with Crippen molar-refractivity contribution < 1.29 is 14.3 Å². The van der Waals surface area contributed by atoms with Gasteiger partial charge in [-0.05, 0) is 60.2 Å². The van der Waals surface area contributed by atoms with Crippen LogP contribution in [0.5, 0.6) is 11.5 Å². The highest BCUT2D eigenvalue weighted by molar-refractivity contribution is 9.10. The van der Waals surface area contributed by atoms with Crippen LogP contribution in [0.4, 0.5) is 0 Å². The van der Waals surface area contributed by atoms with E-state index in [9.17, 15) is 4.79 Å². The number of rotatable bonds is 7. The predicted molar refractivity (Wildman–Crippen MR) is 121 cm³/mol. The summed E-state index contributed by atoms with van der Waals surface area (Å²) in [7, 11) is 1.60. The number of amides is 1. The van der Waals surface area contributed by atoms with E-state index in [0.29, 0.717) is 23.7 Å². The van der Waals surface area contributed by atoms with Gasteiger partial charge in [0.15, 0.2) is 0 Å². The Hall–Kier alpha value is -2.64. The third-order valence-corrected chi connectivity index (χ3v) is 5.20. The van der Waals surface area contributed by atoms with E-state index < -0.39 is 0 Å². The summed E-state index contributed by atoms with van der Waals surface area (Å²) < 4.78 is 12.8. The zero-order chi connectivity index (χ0) is 20.6. The van der Waals surface area contributed by atoms with Crippen LogP contribution in [0, 0.1) is 0 Å². The van der Waals surface area contributed by atoms with Gasteiger partial charge in [-0.3, -0.25) is 4.79 Å². The monoisotopic (exact) mass is 516 g/mol. The van der Waals surface area contributed by atoms with Crippen LogP contribution < -0.4 is 14.9 Å². The maximum Gasteiger partial charge on any atom is 0.271 e. The van der Waals surface area contributed by atoms with Crippen LogP contribution in [-0.2, 0) is 6.61 Å². The SMILES string of the molecule is COc1ccc(Br)c(/C=N\NC(=O)c2ccc(OCc3cccc(Br)c3)cc2)c1. The molecule has 1 N–H and O–H groups in total. The van der Waals surface area contributed by atoms with Crippen molar-refractivity contribution in [3.63, 3.8) is 0 Å². The lowest BCUT2D eigenvalue weighted by molar-refractivity contribution is 0.0955. The lowest BCUT2D eigenvalue weighted by Gasteiger charge is -2.07. The molecule has 29 heavy (non-hydrogen) atoms. The first-order valence-corrected chi connectivity index (χ1v) is 10.3. The molecule has 148 valence electrons. The molecular formula is C22H18Br2N2O3. The lowest BCUT2D eigenvalue weighted by Crippen LogP contribution is -2.17. The van der Waals surface area contributed by atoms with Crippen LogP contribution in [-0.4, -0.2) is 19.2 Å². The summed E-state index contributed by atoms with van der Waals surface area (Å²) in [6, 6.07) is 20.3. The van der Waals surface area contributed by atoms with E-state index in [1.165, 1.54) is 0 Å². The van der Waals surface area contributed by atoms with E-state index in [1.54, 1.807) is 37.6 Å². The van der Waals surface area contributed by atoms with Gasteiger partial charge in [0.05, 0.1) is 13.3 Å². The first-order chi connectivity index (χ1) is 14.0. The molecule has 5 nitrogen and oxygen atoms in total. The zero-order valence-electron chi connectivity index (χ0n) is 15.6. The second-order valence-corrected chi connectivity index (χ2v) is 7.80. The molecule has 0 saturated carbocycles. The van der Waals surface area contributed by atoms with Gasteiger partial charge in [0, 0.05) is 20.1 Å². The van der Waals surface area contributed by atoms with Crippen LogP contribution in [0.3, 0.4) is 0 Å². The summed E-state index contributed by atoms with van der Waals surface area (Å²) in [6.07, 6.45) is 1.56. The van der Waals surface area contributed by atoms with E-state index in [2.05, 4.69) is 42.4 Å². The molecule has 0 saturated heterocycles. The Morgan fingerprint density at radius 1 is 1.03 bits per heavy atom. The van der Waals surface area contributed by atoms with Gasteiger partial charge in [-0.25, -0.2) is 5.43 Å². The van der Waals surface area contributed by atoms with Crippen LogP contribution in [0.1, 0.15) is 21.5 Å². The molecule has 0 aliphatic carbocycles. The van der Waals surface area contributed by atoms with Gasteiger partial charge in [0.25, 0.3) is 5.91 Å². The second-order valence-electron chi connectivity index (χ2n) is 6.03. The molecule has 3 aromatic carbocycles. The molecule has 7 heteroatoms. The van der Waals surface area contributed by atoms with Crippen molar-refractivity contribution in [3.8, 4) is 11.5 Å². The fraction of sp³-hybridized carbons (Fsp3) is 0.0909. The van der Waals surface area contributed by atoms with Gasteiger partial charge < -0.3 is 9.47 Å². The molecule has 0 aromatic heterocycles. The Bertz CT molecular complexity index is 1020. The largest absolute Gasteiger partial charge is 0.497 e. The number of hydrazone groups is 1. The summed E-state index contributed by atoms with van der Waals surface area (Å²) in [5, 5.41) is 4.02. The van der Waals surface area contributed by atoms with Crippen molar-refractivity contribution in [1.29, 1.82) is 0 Å². The average molecular weight is 518 g/mol. The molecule has 0 unspecified atom stereocenters. The molecule has 0 spiro atoms. The smallest absolute Gasteiger partial charge is 0.271 e. The number of hydrogen-bond acceptors (Lipinski definition) is 4. The number of nitrogens with one attached hydrogen (secondary N) is 1. The maximum absolute atomic E-state index is 12.3. The van der Waals surface area contributed by atoms with E-state index in [1.807, 2.05) is 42.5 Å². The Kier molecular flexibility index (Phi) is 7.43. The molecule has 0 bridgehead atoms. The molecular weight excluding hydrogens is 500 g/mol. The van der Waals surface area contributed by atoms with Gasteiger partial charge in [0.2, 0.25) is 0 Å². The second kappa shape index (κ2) is 10.2. The molecule has 1 amide bonds. The van der Waals surface area contributed by atoms with Gasteiger partial charge >= 0.3 is 0 Å². The summed E-state index contributed by atoms with van der Waals surface area (Å²) in [5.74, 6) is 1.09. The van der Waals surface area contributed by atoms with E-state index in [0.717, 1.165) is 20.1 Å². The fourth-order valence-corrected chi connectivity index (χ4v) is 3.26. The molecule has 3 rings (SSSR count). The lowest BCUT2D eigenvalue weighted by atomic mass is 10.2. The number of carbonyl (C=O) groups is 1. The highest BCUT2D eigenvalue weighted by atomic mass is 79.9. The van der Waals surface area contributed by atoms with Crippen LogP contribution >= 0.6 is 31.9 Å². The number of halogens is 2. The number of methoxy groups -OCH3 is 1. The topological polar surface area (TPSA) is 59.9 Å². The molecule has 0 aliphatic rings. The fourth-order valence-electron chi connectivity index (χ4n) is 2.47. The number of ether oxygens (including phenoxy) is 2. The van der Waals surface area contributed by atoms with Crippen molar-refractivity contribution in [2.45, 2.75) is 6.61 Å². The first-order valence-electron chi connectivity index (χ1n) is 8.69. The van der Waals surface area contributed by atoms with Crippen molar-refractivity contribution in [1.82, 2.24) is 5.43 Å². The highest BCUT2D eigenvalue weighted by Crippen LogP contribution is 2.21. The van der Waals surface area contributed by atoms with Crippen LogP contribution in [0.15, 0.2) is 80.8 Å². The minimum absolute atomic E-state index is 0.307. The Morgan fingerprint density at radius 3 is 2.52 bits per heavy atom. The standard InChI is InChI=1S/C22H18Br2N2O3/c1-28-20-9-10-21(24)17(12-20)13-25-26-22(27)16-5-7-19(8-6-16)29-14-15-3-2-4-18(23)11-15/h2-13H,14H2,1H3,(H,26,27)/b25-13-. The van der Waals surface area contributed by atoms with Gasteiger partial charge in [-0.1, -0.05) is 44.0 Å². The summed E-state index contributed by atoms with van der Waals surface area (Å²) in [4.78, 5) is 12.3. The summed E-state index contributed by atoms with van der Waals surface area (Å²) >= 11 is 6.88. The van der Waals surface area contributed by atoms with Gasteiger partial charge in [0.1, 0.15) is 18.1 Å². The molecule has 0 atom stereocenters. The van der Waals surface area contributed by atoms with Gasteiger partial charge in [-0.15, -0.1) is 0 Å². The normalized spacial score (nSPS) is 10.7. The van der Waals surface area contributed by atoms with E-state index in [4.69, 9.17) is 9.47 Å². The molecule has 0 fully saturated rings. The van der Waals surface area contributed by atoms with Crippen LogP contribution in [0.25, 0.3) is 0 Å². The van der Waals surface area contributed by atoms with Crippen molar-refractivity contribution in [2.75, 3.05) is 7.11 Å². The molecule has 0 aliphatic heterocycles. The average Bonchev–Trinajstić information content (AvgIpc) is 2.74. The van der Waals surface area contributed by atoms with E-state index >= 15 is 0 Å². The third-order valence-electron chi connectivity index (χ3n) is 3.98. The van der Waals surface area contributed by atoms with E-state index in [-0.39, 0.29) is 5.91 Å². The Balaban J connectivity index is 1.56. The predicted octanol–water partition coefficient (Wildman–Crippen LogP) is 5.56. The number of hydrogen-bond donors (Lipinski definition) is 1.